The zero-order valence-electron chi connectivity index (χ0n) is 9.63. The highest BCUT2D eigenvalue weighted by molar-refractivity contribution is 9.11. The molecule has 17 heavy (non-hydrogen) atoms. The van der Waals surface area contributed by atoms with Gasteiger partial charge in [0, 0.05) is 17.2 Å². The van der Waals surface area contributed by atoms with Gasteiger partial charge in [-0.15, -0.1) is 16.4 Å². The smallest absolute Gasteiger partial charge is 0.209 e. The van der Waals surface area contributed by atoms with Crippen molar-refractivity contribution in [3.8, 4) is 0 Å². The highest BCUT2D eigenvalue weighted by atomic mass is 79.9. The Morgan fingerprint density at radius 1 is 1.47 bits per heavy atom. The molecule has 0 aromatic carbocycles. The van der Waals surface area contributed by atoms with Crippen molar-refractivity contribution < 1.29 is 0 Å². The van der Waals surface area contributed by atoms with Gasteiger partial charge >= 0.3 is 0 Å². The van der Waals surface area contributed by atoms with Crippen molar-refractivity contribution in [2.24, 2.45) is 5.92 Å². The van der Waals surface area contributed by atoms with Crippen LogP contribution in [-0.2, 0) is 12.3 Å². The van der Waals surface area contributed by atoms with E-state index in [1.165, 1.54) is 4.88 Å². The molecule has 0 atom stereocenters. The summed E-state index contributed by atoms with van der Waals surface area (Å²) in [7, 11) is 0. The molecule has 2 heterocycles. The standard InChI is InChI=1S/C10H13BrN4S2/c1-7(2)5-15-10(12-13-14-15)16-6-8-3-4-9(11)17-8/h3-4,7H,5-6H2,1-2H3. The van der Waals surface area contributed by atoms with Crippen LogP contribution in [0.5, 0.6) is 0 Å². The fourth-order valence-electron chi connectivity index (χ4n) is 1.33. The largest absolute Gasteiger partial charge is 0.220 e. The second-order valence-corrected chi connectivity index (χ2v) is 7.52. The van der Waals surface area contributed by atoms with E-state index in [0.29, 0.717) is 5.92 Å². The molecule has 92 valence electrons. The van der Waals surface area contributed by atoms with E-state index in [-0.39, 0.29) is 0 Å². The lowest BCUT2D eigenvalue weighted by Crippen LogP contribution is -2.07. The summed E-state index contributed by atoms with van der Waals surface area (Å²) in [5, 5.41) is 12.7. The second kappa shape index (κ2) is 5.97. The summed E-state index contributed by atoms with van der Waals surface area (Å²) in [5.41, 5.74) is 0. The Labute approximate surface area is 117 Å². The van der Waals surface area contributed by atoms with Crippen molar-refractivity contribution in [1.29, 1.82) is 0 Å². The predicted octanol–water partition coefficient (Wildman–Crippen LogP) is 3.45. The number of hydrogen-bond donors (Lipinski definition) is 0. The van der Waals surface area contributed by atoms with Crippen LogP contribution in [-0.4, -0.2) is 20.2 Å². The van der Waals surface area contributed by atoms with Crippen molar-refractivity contribution >= 4 is 39.0 Å². The number of thiophene rings is 1. The Morgan fingerprint density at radius 2 is 2.29 bits per heavy atom. The van der Waals surface area contributed by atoms with Crippen LogP contribution in [0, 0.1) is 5.92 Å². The molecule has 2 aromatic rings. The topological polar surface area (TPSA) is 43.6 Å². The predicted molar refractivity (Wildman–Crippen MR) is 74.2 cm³/mol. The van der Waals surface area contributed by atoms with Crippen LogP contribution >= 0.6 is 39.0 Å². The van der Waals surface area contributed by atoms with E-state index in [2.05, 4.69) is 57.4 Å². The Morgan fingerprint density at radius 3 is 2.94 bits per heavy atom. The third-order valence-electron chi connectivity index (χ3n) is 2.01. The molecule has 0 fully saturated rings. The van der Waals surface area contributed by atoms with Crippen LogP contribution in [0.25, 0.3) is 0 Å². The van der Waals surface area contributed by atoms with Crippen LogP contribution in [0.2, 0.25) is 0 Å². The molecule has 2 aromatic heterocycles. The van der Waals surface area contributed by atoms with Gasteiger partial charge < -0.3 is 0 Å². The molecule has 0 saturated heterocycles. The number of thioether (sulfide) groups is 1. The molecule has 0 aliphatic carbocycles. The van der Waals surface area contributed by atoms with E-state index < -0.39 is 0 Å². The summed E-state index contributed by atoms with van der Waals surface area (Å²) < 4.78 is 3.03. The van der Waals surface area contributed by atoms with Crippen LogP contribution in [0.4, 0.5) is 0 Å². The molecular weight excluding hydrogens is 320 g/mol. The molecule has 7 heteroatoms. The lowest BCUT2D eigenvalue weighted by molar-refractivity contribution is 0.446. The van der Waals surface area contributed by atoms with Gasteiger partial charge in [0.1, 0.15) is 0 Å². The fourth-order valence-corrected chi connectivity index (χ4v) is 3.74. The zero-order valence-corrected chi connectivity index (χ0v) is 12.8. The zero-order chi connectivity index (χ0) is 12.3. The maximum atomic E-state index is 4.05. The van der Waals surface area contributed by atoms with Gasteiger partial charge in [0.25, 0.3) is 0 Å². The molecule has 0 bridgehead atoms. The first-order chi connectivity index (χ1) is 8.15. The number of aromatic nitrogens is 4. The lowest BCUT2D eigenvalue weighted by atomic mass is 10.2. The first-order valence-electron chi connectivity index (χ1n) is 5.28. The van der Waals surface area contributed by atoms with Gasteiger partial charge in [-0.25, -0.2) is 4.68 Å². The molecule has 2 rings (SSSR count). The first kappa shape index (κ1) is 13.0. The second-order valence-electron chi connectivity index (χ2n) is 4.03. The van der Waals surface area contributed by atoms with Crippen molar-refractivity contribution in [2.45, 2.75) is 31.3 Å². The van der Waals surface area contributed by atoms with Crippen molar-refractivity contribution in [2.75, 3.05) is 0 Å². The average molecular weight is 333 g/mol. The summed E-state index contributed by atoms with van der Waals surface area (Å²) in [4.78, 5) is 1.32. The molecule has 0 aliphatic heterocycles. The van der Waals surface area contributed by atoms with Crippen LogP contribution in [0.1, 0.15) is 18.7 Å². The van der Waals surface area contributed by atoms with E-state index >= 15 is 0 Å². The Hall–Kier alpha value is -0.400. The molecule has 0 radical (unpaired) electrons. The number of hydrogen-bond acceptors (Lipinski definition) is 5. The fraction of sp³-hybridized carbons (Fsp3) is 0.500. The average Bonchev–Trinajstić information content (AvgIpc) is 2.84. The number of nitrogens with zero attached hydrogens (tertiary/aromatic N) is 4. The molecule has 0 aliphatic rings. The van der Waals surface area contributed by atoms with Gasteiger partial charge in [0.15, 0.2) is 0 Å². The van der Waals surface area contributed by atoms with Gasteiger partial charge in [-0.2, -0.15) is 0 Å². The maximum Gasteiger partial charge on any atom is 0.209 e. The molecular formula is C10H13BrN4S2. The van der Waals surface area contributed by atoms with Gasteiger partial charge in [0.2, 0.25) is 5.16 Å². The molecule has 4 nitrogen and oxygen atoms in total. The Bertz CT molecular complexity index is 480. The maximum absolute atomic E-state index is 4.05. The van der Waals surface area contributed by atoms with E-state index in [0.717, 1.165) is 21.2 Å². The molecule has 0 N–H and O–H groups in total. The summed E-state index contributed by atoms with van der Waals surface area (Å²) >= 11 is 6.89. The van der Waals surface area contributed by atoms with Gasteiger partial charge in [-0.1, -0.05) is 25.6 Å². The summed E-state index contributed by atoms with van der Waals surface area (Å²) in [5.74, 6) is 1.46. The summed E-state index contributed by atoms with van der Waals surface area (Å²) in [6.45, 7) is 5.18. The third-order valence-corrected chi connectivity index (χ3v) is 4.82. The van der Waals surface area contributed by atoms with E-state index in [1.807, 2.05) is 4.68 Å². The van der Waals surface area contributed by atoms with Crippen LogP contribution in [0.3, 0.4) is 0 Å². The third kappa shape index (κ3) is 3.79. The van der Waals surface area contributed by atoms with Crippen molar-refractivity contribution in [1.82, 2.24) is 20.2 Å². The van der Waals surface area contributed by atoms with Gasteiger partial charge in [-0.05, 0) is 44.4 Å². The summed E-state index contributed by atoms with van der Waals surface area (Å²) in [6.07, 6.45) is 0. The summed E-state index contributed by atoms with van der Waals surface area (Å²) in [6, 6.07) is 4.19. The van der Waals surface area contributed by atoms with E-state index in [4.69, 9.17) is 0 Å². The monoisotopic (exact) mass is 332 g/mol. The SMILES string of the molecule is CC(C)Cn1nnnc1SCc1ccc(Br)s1. The van der Waals surface area contributed by atoms with Crippen LogP contribution in [0.15, 0.2) is 21.1 Å². The molecule has 0 spiro atoms. The Balaban J connectivity index is 1.97. The highest BCUT2D eigenvalue weighted by Gasteiger charge is 2.09. The first-order valence-corrected chi connectivity index (χ1v) is 7.88. The normalized spacial score (nSPS) is 11.3. The molecule has 0 amide bonds. The van der Waals surface area contributed by atoms with Gasteiger partial charge in [0.05, 0.1) is 3.79 Å². The quantitative estimate of drug-likeness (QED) is 0.786. The molecule has 0 saturated carbocycles. The van der Waals surface area contributed by atoms with E-state index in [9.17, 15) is 0 Å². The lowest BCUT2D eigenvalue weighted by Gasteiger charge is -2.05. The highest BCUT2D eigenvalue weighted by Crippen LogP contribution is 2.28. The number of halogens is 1. The van der Waals surface area contributed by atoms with Crippen molar-refractivity contribution in [3.63, 3.8) is 0 Å². The minimum Gasteiger partial charge on any atom is -0.220 e. The van der Waals surface area contributed by atoms with Crippen LogP contribution < -0.4 is 0 Å². The van der Waals surface area contributed by atoms with Gasteiger partial charge in [-0.3, -0.25) is 0 Å². The van der Waals surface area contributed by atoms with E-state index in [1.54, 1.807) is 23.1 Å². The Kier molecular flexibility index (Phi) is 4.58. The van der Waals surface area contributed by atoms with Crippen molar-refractivity contribution in [3.05, 3.63) is 20.8 Å². The molecule has 0 unspecified atom stereocenters. The number of tetrazole rings is 1. The minimum absolute atomic E-state index is 0.550. The number of rotatable bonds is 5. The minimum atomic E-state index is 0.550.